The van der Waals surface area contributed by atoms with E-state index in [-0.39, 0.29) is 29.5 Å². The van der Waals surface area contributed by atoms with Crippen molar-refractivity contribution in [2.45, 2.75) is 104 Å². The van der Waals surface area contributed by atoms with E-state index in [2.05, 4.69) is 27.7 Å². The van der Waals surface area contributed by atoms with Gasteiger partial charge in [0.2, 0.25) is 0 Å². The molecule has 0 radical (unpaired) electrons. The zero-order chi connectivity index (χ0) is 21.8. The largest absolute Gasteiger partial charge is 0.481 e. The maximum absolute atomic E-state index is 11.7. The van der Waals surface area contributed by atoms with Crippen molar-refractivity contribution in [2.75, 3.05) is 0 Å². The predicted octanol–water partition coefficient (Wildman–Crippen LogP) is 5.11. The Hall–Kier alpha value is -0.610. The summed E-state index contributed by atoms with van der Waals surface area (Å²) in [5, 5.41) is 31.3. The minimum atomic E-state index is -0.683. The van der Waals surface area contributed by atoms with Crippen molar-refractivity contribution in [2.24, 2.45) is 52.3 Å². The van der Waals surface area contributed by atoms with E-state index in [4.69, 9.17) is 5.11 Å². The third-order valence-electron chi connectivity index (χ3n) is 11.0. The van der Waals surface area contributed by atoms with Crippen molar-refractivity contribution in [3.05, 3.63) is 0 Å². The minimum absolute atomic E-state index is 0.194. The molecule has 0 saturated heterocycles. The average Bonchev–Trinajstić information content (AvgIpc) is 3.05. The molecule has 0 aromatic carbocycles. The predicted molar refractivity (Wildman–Crippen MR) is 118 cm³/mol. The van der Waals surface area contributed by atoms with Crippen molar-refractivity contribution in [1.82, 2.24) is 0 Å². The molecular weight excluding hydrogens is 376 g/mol. The summed E-state index contributed by atoms with van der Waals surface area (Å²) in [6.07, 6.45) is 9.27. The molecule has 4 aliphatic rings. The van der Waals surface area contributed by atoms with E-state index in [0.29, 0.717) is 41.4 Å². The monoisotopic (exact) mass is 420 g/mol. The molecule has 0 aromatic heterocycles. The van der Waals surface area contributed by atoms with Crippen LogP contribution >= 0.6 is 0 Å². The van der Waals surface area contributed by atoms with E-state index in [1.165, 1.54) is 25.7 Å². The van der Waals surface area contributed by atoms with Gasteiger partial charge in [-0.2, -0.15) is 0 Å². The van der Waals surface area contributed by atoms with E-state index in [1.54, 1.807) is 0 Å². The fourth-order valence-corrected chi connectivity index (χ4v) is 9.48. The van der Waals surface area contributed by atoms with Crippen LogP contribution in [-0.4, -0.2) is 33.5 Å². The molecule has 0 aliphatic heterocycles. The topological polar surface area (TPSA) is 77.8 Å². The van der Waals surface area contributed by atoms with Crippen LogP contribution in [0.4, 0.5) is 0 Å². The van der Waals surface area contributed by atoms with Crippen LogP contribution in [0.2, 0.25) is 0 Å². The number of aliphatic carboxylic acids is 1. The molecule has 30 heavy (non-hydrogen) atoms. The summed E-state index contributed by atoms with van der Waals surface area (Å²) in [4.78, 5) is 11.1. The van der Waals surface area contributed by atoms with Crippen molar-refractivity contribution in [3.8, 4) is 0 Å². The summed E-state index contributed by atoms with van der Waals surface area (Å²) < 4.78 is 0. The van der Waals surface area contributed by atoms with Crippen molar-refractivity contribution >= 4 is 5.97 Å². The number of hydrogen-bond donors (Lipinski definition) is 3. The summed E-state index contributed by atoms with van der Waals surface area (Å²) in [5.74, 6) is 2.58. The Morgan fingerprint density at radius 1 is 1.00 bits per heavy atom. The molecule has 4 aliphatic carbocycles. The van der Waals surface area contributed by atoms with Crippen LogP contribution in [0, 0.1) is 52.3 Å². The summed E-state index contributed by atoms with van der Waals surface area (Å²) in [7, 11) is 0. The van der Waals surface area contributed by atoms with Gasteiger partial charge in [-0.25, -0.2) is 0 Å². The number of fused-ring (bicyclic) bond motifs is 5. The van der Waals surface area contributed by atoms with Crippen LogP contribution in [0.1, 0.15) is 91.9 Å². The highest BCUT2D eigenvalue weighted by atomic mass is 16.4. The lowest BCUT2D eigenvalue weighted by atomic mass is 9.41. The Balaban J connectivity index is 1.61. The van der Waals surface area contributed by atoms with Crippen LogP contribution in [0.3, 0.4) is 0 Å². The Morgan fingerprint density at radius 3 is 2.33 bits per heavy atom. The minimum Gasteiger partial charge on any atom is -0.481 e. The number of carboxylic acid groups (broad SMARTS) is 1. The van der Waals surface area contributed by atoms with Gasteiger partial charge in [0.25, 0.3) is 0 Å². The Morgan fingerprint density at radius 2 is 1.67 bits per heavy atom. The number of rotatable bonds is 5. The maximum Gasteiger partial charge on any atom is 0.303 e. The first-order valence-electron chi connectivity index (χ1n) is 12.7. The molecule has 0 spiro atoms. The van der Waals surface area contributed by atoms with Crippen LogP contribution in [0.25, 0.3) is 0 Å². The molecule has 4 heteroatoms. The smallest absolute Gasteiger partial charge is 0.303 e. The van der Waals surface area contributed by atoms with Crippen LogP contribution in [-0.2, 0) is 4.79 Å². The number of carbonyl (C=O) groups is 1. The molecule has 172 valence electrons. The Labute approximate surface area is 182 Å². The van der Waals surface area contributed by atoms with Gasteiger partial charge in [0.15, 0.2) is 0 Å². The average molecular weight is 421 g/mol. The third kappa shape index (κ3) is 3.36. The van der Waals surface area contributed by atoms with E-state index in [0.717, 1.165) is 32.1 Å². The van der Waals surface area contributed by atoms with Gasteiger partial charge in [-0.1, -0.05) is 34.1 Å². The maximum atomic E-state index is 11.7. The molecule has 11 atom stereocenters. The van der Waals surface area contributed by atoms with Gasteiger partial charge >= 0.3 is 5.97 Å². The number of carboxylic acids is 1. The fourth-order valence-electron chi connectivity index (χ4n) is 9.48. The van der Waals surface area contributed by atoms with Crippen LogP contribution < -0.4 is 0 Å². The number of hydrogen-bond acceptors (Lipinski definition) is 3. The molecule has 4 nitrogen and oxygen atoms in total. The second-order valence-corrected chi connectivity index (χ2v) is 12.0. The fraction of sp³-hybridized carbons (Fsp3) is 0.962. The van der Waals surface area contributed by atoms with Crippen LogP contribution in [0.15, 0.2) is 0 Å². The van der Waals surface area contributed by atoms with Crippen molar-refractivity contribution in [1.29, 1.82) is 0 Å². The second kappa shape index (κ2) is 8.06. The molecule has 3 N–H and O–H groups in total. The van der Waals surface area contributed by atoms with Gasteiger partial charge in [-0.05, 0) is 104 Å². The molecule has 0 amide bonds. The standard InChI is InChI=1S/C26H44O4/c1-5-17-21-14-16(27)10-12-26(21,4)20-11-13-25(3)18(15(2)6-9-22(28)29)7-8-19(25)23(20)24(17)30/h15-21,23-24,27,30H,5-14H2,1-4H3,(H,28,29)/t15-,16-,17-,18?,19+,20?,21?,23+,24-,25?,26?/m1/s1. The number of aliphatic hydroxyl groups excluding tert-OH is 2. The SMILES string of the molecule is CC[C@@H]1C2C[C@H](O)CCC2(C)C2CCC3(C)C([C@H](C)CCC(=O)O)CC[C@H]3[C@@H]2[C@@H]1O. The summed E-state index contributed by atoms with van der Waals surface area (Å²) in [6.45, 7) is 9.44. The molecule has 4 saturated carbocycles. The van der Waals surface area contributed by atoms with Crippen molar-refractivity contribution < 1.29 is 20.1 Å². The molecule has 0 aromatic rings. The highest BCUT2D eigenvalue weighted by Gasteiger charge is 2.64. The highest BCUT2D eigenvalue weighted by molar-refractivity contribution is 5.66. The van der Waals surface area contributed by atoms with E-state index < -0.39 is 5.97 Å². The first-order valence-corrected chi connectivity index (χ1v) is 12.7. The van der Waals surface area contributed by atoms with Crippen LogP contribution in [0.5, 0.6) is 0 Å². The van der Waals surface area contributed by atoms with Gasteiger partial charge in [0.1, 0.15) is 0 Å². The summed E-state index contributed by atoms with van der Waals surface area (Å²) in [6, 6.07) is 0. The van der Waals surface area contributed by atoms with Crippen molar-refractivity contribution in [3.63, 3.8) is 0 Å². The first kappa shape index (κ1) is 22.6. The molecule has 5 unspecified atom stereocenters. The van der Waals surface area contributed by atoms with Gasteiger partial charge in [0.05, 0.1) is 12.2 Å². The van der Waals surface area contributed by atoms with Gasteiger partial charge in [0, 0.05) is 6.42 Å². The van der Waals surface area contributed by atoms with E-state index in [9.17, 15) is 15.0 Å². The van der Waals surface area contributed by atoms with Gasteiger partial charge in [-0.3, -0.25) is 4.79 Å². The third-order valence-corrected chi connectivity index (χ3v) is 11.0. The second-order valence-electron chi connectivity index (χ2n) is 12.0. The van der Waals surface area contributed by atoms with Gasteiger partial charge in [-0.15, -0.1) is 0 Å². The lowest BCUT2D eigenvalue weighted by Crippen LogP contribution is -2.62. The Bertz CT molecular complexity index is 649. The quantitative estimate of drug-likeness (QED) is 0.577. The van der Waals surface area contributed by atoms with E-state index >= 15 is 0 Å². The lowest BCUT2D eigenvalue weighted by Gasteiger charge is -2.64. The first-order chi connectivity index (χ1) is 14.1. The summed E-state index contributed by atoms with van der Waals surface area (Å²) >= 11 is 0. The number of aliphatic hydroxyl groups is 2. The normalized spacial score (nSPS) is 51.5. The summed E-state index contributed by atoms with van der Waals surface area (Å²) in [5.41, 5.74) is 0.480. The van der Waals surface area contributed by atoms with E-state index in [1.807, 2.05) is 0 Å². The molecule has 4 rings (SSSR count). The lowest BCUT2D eigenvalue weighted by molar-refractivity contribution is -0.203. The Kier molecular flexibility index (Phi) is 6.07. The molecule has 4 fully saturated rings. The van der Waals surface area contributed by atoms with Gasteiger partial charge < -0.3 is 15.3 Å². The molecule has 0 bridgehead atoms. The molecule has 0 heterocycles. The molecular formula is C26H44O4. The zero-order valence-electron chi connectivity index (χ0n) is 19.5. The highest BCUT2D eigenvalue weighted by Crippen LogP contribution is 2.69. The zero-order valence-corrected chi connectivity index (χ0v) is 19.5.